The Hall–Kier alpha value is -1.26. The molecule has 1 aliphatic rings. The first-order valence-corrected chi connectivity index (χ1v) is 6.99. The highest BCUT2D eigenvalue weighted by molar-refractivity contribution is 5.61. The lowest BCUT2D eigenvalue weighted by Crippen LogP contribution is -2.42. The molecule has 106 valence electrons. The van der Waals surface area contributed by atoms with Crippen LogP contribution in [0, 0.1) is 0 Å². The molecule has 4 nitrogen and oxygen atoms in total. The van der Waals surface area contributed by atoms with Gasteiger partial charge in [-0.15, -0.1) is 0 Å². The van der Waals surface area contributed by atoms with Crippen molar-refractivity contribution in [2.24, 2.45) is 5.73 Å². The number of hydrogen-bond donors (Lipinski definition) is 2. The summed E-state index contributed by atoms with van der Waals surface area (Å²) in [7, 11) is 1.67. The van der Waals surface area contributed by atoms with E-state index in [9.17, 15) is 5.11 Å². The lowest BCUT2D eigenvalue weighted by atomic mass is 9.90. The highest BCUT2D eigenvalue weighted by Gasteiger charge is 2.27. The molecule has 1 fully saturated rings. The predicted octanol–water partition coefficient (Wildman–Crippen LogP) is 2.07. The van der Waals surface area contributed by atoms with Gasteiger partial charge in [0, 0.05) is 29.9 Å². The Balaban J connectivity index is 2.39. The molecule has 0 amide bonds. The van der Waals surface area contributed by atoms with Crippen LogP contribution in [0.25, 0.3) is 0 Å². The molecule has 0 saturated heterocycles. The van der Waals surface area contributed by atoms with Crippen LogP contribution in [0.2, 0.25) is 0 Å². The number of anilines is 1. The fraction of sp³-hybridized carbons (Fsp3) is 0.600. The van der Waals surface area contributed by atoms with Crippen LogP contribution in [0.4, 0.5) is 5.69 Å². The topological polar surface area (TPSA) is 58.7 Å². The number of ether oxygens (including phenoxy) is 1. The molecule has 0 aromatic heterocycles. The molecule has 0 unspecified atom stereocenters. The number of hydrogen-bond acceptors (Lipinski definition) is 4. The molecule has 1 saturated carbocycles. The number of aliphatic hydroxyl groups excluding tert-OH is 1. The van der Waals surface area contributed by atoms with Crippen LogP contribution in [-0.2, 0) is 0 Å². The molecule has 0 spiro atoms. The zero-order valence-electron chi connectivity index (χ0n) is 11.8. The van der Waals surface area contributed by atoms with Crippen molar-refractivity contribution in [2.75, 3.05) is 25.2 Å². The molecular formula is C15H24N2O2. The number of nitrogens with two attached hydrogens (primary N) is 1. The summed E-state index contributed by atoms with van der Waals surface area (Å²) in [4.78, 5) is 2.28. The normalized spacial score (nSPS) is 16.8. The van der Waals surface area contributed by atoms with Crippen LogP contribution in [-0.4, -0.2) is 31.4 Å². The van der Waals surface area contributed by atoms with E-state index in [1.807, 2.05) is 19.1 Å². The molecule has 1 aromatic rings. The van der Waals surface area contributed by atoms with Gasteiger partial charge in [-0.2, -0.15) is 0 Å². The van der Waals surface area contributed by atoms with Crippen molar-refractivity contribution in [2.45, 2.75) is 38.3 Å². The number of nitrogens with zero attached hydrogens (tertiary/aromatic N) is 1. The lowest BCUT2D eigenvalue weighted by Gasteiger charge is -2.40. The Morgan fingerprint density at radius 2 is 2.21 bits per heavy atom. The third-order valence-corrected chi connectivity index (χ3v) is 3.88. The summed E-state index contributed by atoms with van der Waals surface area (Å²) in [5.74, 6) is 0.828. The highest BCUT2D eigenvalue weighted by atomic mass is 16.5. The second-order valence-corrected chi connectivity index (χ2v) is 5.18. The van der Waals surface area contributed by atoms with Crippen molar-refractivity contribution < 1.29 is 9.84 Å². The van der Waals surface area contributed by atoms with E-state index in [-0.39, 0.29) is 12.6 Å². The maximum absolute atomic E-state index is 9.32. The van der Waals surface area contributed by atoms with E-state index in [0.29, 0.717) is 12.6 Å². The van der Waals surface area contributed by atoms with Crippen LogP contribution < -0.4 is 15.4 Å². The van der Waals surface area contributed by atoms with Gasteiger partial charge in [0.1, 0.15) is 5.75 Å². The van der Waals surface area contributed by atoms with E-state index < -0.39 is 0 Å². The summed E-state index contributed by atoms with van der Waals surface area (Å²) in [6.07, 6.45) is 3.65. The fourth-order valence-corrected chi connectivity index (χ4v) is 2.72. The Kier molecular flexibility index (Phi) is 4.66. The molecule has 0 bridgehead atoms. The minimum atomic E-state index is -0.0904. The number of benzene rings is 1. The summed E-state index contributed by atoms with van der Waals surface area (Å²) in [6, 6.07) is 6.45. The first-order valence-electron chi connectivity index (χ1n) is 6.99. The Morgan fingerprint density at radius 3 is 2.68 bits per heavy atom. The van der Waals surface area contributed by atoms with Crippen molar-refractivity contribution in [3.63, 3.8) is 0 Å². The first-order chi connectivity index (χ1) is 9.19. The van der Waals surface area contributed by atoms with Crippen molar-refractivity contribution in [1.29, 1.82) is 0 Å². The average Bonchev–Trinajstić information content (AvgIpc) is 2.35. The van der Waals surface area contributed by atoms with E-state index in [0.717, 1.165) is 17.0 Å². The summed E-state index contributed by atoms with van der Waals surface area (Å²) in [5, 5.41) is 9.32. The van der Waals surface area contributed by atoms with Gasteiger partial charge in [-0.05, 0) is 38.3 Å². The SMILES string of the molecule is COc1cccc(N(CCO)C2CCC2)c1[C@H](C)N. The van der Waals surface area contributed by atoms with Gasteiger partial charge in [0.2, 0.25) is 0 Å². The van der Waals surface area contributed by atoms with Crippen LogP contribution in [0.5, 0.6) is 5.75 Å². The van der Waals surface area contributed by atoms with E-state index in [2.05, 4.69) is 11.0 Å². The molecule has 19 heavy (non-hydrogen) atoms. The van der Waals surface area contributed by atoms with Crippen molar-refractivity contribution in [3.05, 3.63) is 23.8 Å². The summed E-state index contributed by atoms with van der Waals surface area (Å²) >= 11 is 0. The third kappa shape index (κ3) is 2.85. The van der Waals surface area contributed by atoms with Gasteiger partial charge >= 0.3 is 0 Å². The number of rotatable bonds is 6. The Morgan fingerprint density at radius 1 is 1.47 bits per heavy atom. The van der Waals surface area contributed by atoms with Gasteiger partial charge in [0.25, 0.3) is 0 Å². The molecular weight excluding hydrogens is 240 g/mol. The smallest absolute Gasteiger partial charge is 0.125 e. The molecule has 4 heteroatoms. The molecule has 1 aliphatic carbocycles. The van der Waals surface area contributed by atoms with Crippen LogP contribution >= 0.6 is 0 Å². The Labute approximate surface area is 115 Å². The average molecular weight is 264 g/mol. The highest BCUT2D eigenvalue weighted by Crippen LogP contribution is 2.37. The van der Waals surface area contributed by atoms with Crippen LogP contribution in [0.15, 0.2) is 18.2 Å². The largest absolute Gasteiger partial charge is 0.496 e. The summed E-state index contributed by atoms with van der Waals surface area (Å²) in [5.41, 5.74) is 8.25. The summed E-state index contributed by atoms with van der Waals surface area (Å²) < 4.78 is 5.44. The monoisotopic (exact) mass is 264 g/mol. The first kappa shape index (κ1) is 14.2. The number of methoxy groups -OCH3 is 1. The van der Waals surface area contributed by atoms with Gasteiger partial charge in [-0.25, -0.2) is 0 Å². The fourth-order valence-electron chi connectivity index (χ4n) is 2.72. The van der Waals surface area contributed by atoms with Gasteiger partial charge < -0.3 is 20.5 Å². The van der Waals surface area contributed by atoms with Gasteiger partial charge in [-0.3, -0.25) is 0 Å². The minimum Gasteiger partial charge on any atom is -0.496 e. The molecule has 1 atom stereocenters. The molecule has 0 radical (unpaired) electrons. The molecule has 1 aromatic carbocycles. The van der Waals surface area contributed by atoms with E-state index >= 15 is 0 Å². The minimum absolute atomic E-state index is 0.0904. The Bertz CT molecular complexity index is 417. The maximum Gasteiger partial charge on any atom is 0.125 e. The standard InChI is InChI=1S/C15H24N2O2/c1-11(16)15-13(7-4-8-14(15)19-2)17(9-10-18)12-5-3-6-12/h4,7-8,11-12,18H,3,5-6,9-10,16H2,1-2H3/t11-/m0/s1. The van der Waals surface area contributed by atoms with Crippen molar-refractivity contribution in [3.8, 4) is 5.75 Å². The van der Waals surface area contributed by atoms with Crippen molar-refractivity contribution >= 4 is 5.69 Å². The quantitative estimate of drug-likeness (QED) is 0.826. The van der Waals surface area contributed by atoms with Crippen LogP contribution in [0.3, 0.4) is 0 Å². The summed E-state index contributed by atoms with van der Waals surface area (Å²) in [6.45, 7) is 2.78. The lowest BCUT2D eigenvalue weighted by molar-refractivity contribution is 0.283. The van der Waals surface area contributed by atoms with Gasteiger partial charge in [0.15, 0.2) is 0 Å². The zero-order valence-corrected chi connectivity index (χ0v) is 11.8. The maximum atomic E-state index is 9.32. The molecule has 0 heterocycles. The van der Waals surface area contributed by atoms with Gasteiger partial charge in [0.05, 0.1) is 13.7 Å². The van der Waals surface area contributed by atoms with E-state index in [1.54, 1.807) is 7.11 Å². The second kappa shape index (κ2) is 6.26. The molecule has 3 N–H and O–H groups in total. The van der Waals surface area contributed by atoms with E-state index in [4.69, 9.17) is 10.5 Å². The molecule has 0 aliphatic heterocycles. The number of aliphatic hydroxyl groups is 1. The van der Waals surface area contributed by atoms with Gasteiger partial charge in [-0.1, -0.05) is 6.07 Å². The predicted molar refractivity (Wildman–Crippen MR) is 77.7 cm³/mol. The van der Waals surface area contributed by atoms with Crippen molar-refractivity contribution in [1.82, 2.24) is 0 Å². The zero-order chi connectivity index (χ0) is 13.8. The molecule has 2 rings (SSSR count). The third-order valence-electron chi connectivity index (χ3n) is 3.88. The van der Waals surface area contributed by atoms with E-state index in [1.165, 1.54) is 19.3 Å². The second-order valence-electron chi connectivity index (χ2n) is 5.18. The van der Waals surface area contributed by atoms with Crippen LogP contribution in [0.1, 0.15) is 37.8 Å².